The summed E-state index contributed by atoms with van der Waals surface area (Å²) in [6, 6.07) is 0. The van der Waals surface area contributed by atoms with Crippen LogP contribution < -0.4 is 0 Å². The van der Waals surface area contributed by atoms with Crippen LogP contribution in [0.1, 0.15) is 64.7 Å². The predicted molar refractivity (Wildman–Crippen MR) is 104 cm³/mol. The standard InChI is InChI=1S/C23H32O6/c1-20-6-3-17-18(4-8-22(27)11-15(25)2-7-21(17,22)13-24)23(20,28)9-5-16(20)14-10-19(26)29-12-14/h10,13,15-18,25,27-28H,2-9,11-12H2,1H3/t15?,16?,17?,18?,20-,21+,22+,23+/m1/s1. The molecule has 4 fully saturated rings. The molecule has 0 aromatic rings. The van der Waals surface area contributed by atoms with Crippen LogP contribution in [0.3, 0.4) is 0 Å². The van der Waals surface area contributed by atoms with Crippen molar-refractivity contribution in [3.05, 3.63) is 11.6 Å². The van der Waals surface area contributed by atoms with E-state index in [1.807, 2.05) is 0 Å². The zero-order chi connectivity index (χ0) is 20.7. The molecule has 5 aliphatic rings. The average Bonchev–Trinajstić information content (AvgIpc) is 3.21. The second-order valence-electron chi connectivity index (χ2n) is 10.6. The normalized spacial score (nSPS) is 54.1. The number of rotatable bonds is 2. The topological polar surface area (TPSA) is 104 Å². The van der Waals surface area contributed by atoms with Gasteiger partial charge in [0.15, 0.2) is 0 Å². The molecule has 4 saturated carbocycles. The second kappa shape index (κ2) is 6.14. The Hall–Kier alpha value is -1.24. The highest BCUT2D eigenvalue weighted by atomic mass is 16.5. The van der Waals surface area contributed by atoms with Crippen molar-refractivity contribution in [1.29, 1.82) is 0 Å². The third-order valence-electron chi connectivity index (χ3n) is 9.85. The van der Waals surface area contributed by atoms with E-state index in [4.69, 9.17) is 4.74 Å². The summed E-state index contributed by atoms with van der Waals surface area (Å²) in [5.74, 6) is -0.304. The van der Waals surface area contributed by atoms with Crippen LogP contribution in [0.25, 0.3) is 0 Å². The van der Waals surface area contributed by atoms with Crippen LogP contribution in [0.4, 0.5) is 0 Å². The lowest BCUT2D eigenvalue weighted by Gasteiger charge is -2.65. The molecule has 4 unspecified atom stereocenters. The molecule has 6 heteroatoms. The van der Waals surface area contributed by atoms with Crippen molar-refractivity contribution in [3.8, 4) is 0 Å². The SMILES string of the molecule is C[C@]12CCC3C(CC[C@]4(O)CC(O)CC[C@]34C=O)[C@@]1(O)CCC2C1=CC(=O)OC1. The summed E-state index contributed by atoms with van der Waals surface area (Å²) in [5.41, 5.74) is -2.34. The predicted octanol–water partition coefficient (Wildman–Crippen LogP) is 1.90. The van der Waals surface area contributed by atoms with Gasteiger partial charge >= 0.3 is 5.97 Å². The molecule has 1 heterocycles. The summed E-state index contributed by atoms with van der Waals surface area (Å²) in [5, 5.41) is 33.7. The molecular weight excluding hydrogens is 372 g/mol. The number of aldehydes is 1. The number of carbonyl (C=O) groups is 2. The van der Waals surface area contributed by atoms with Gasteiger partial charge in [-0.05, 0) is 74.7 Å². The summed E-state index contributed by atoms with van der Waals surface area (Å²) in [6.45, 7) is 2.46. The van der Waals surface area contributed by atoms with E-state index in [2.05, 4.69) is 6.92 Å². The van der Waals surface area contributed by atoms with E-state index in [1.54, 1.807) is 6.08 Å². The van der Waals surface area contributed by atoms with Crippen LogP contribution >= 0.6 is 0 Å². The Morgan fingerprint density at radius 2 is 1.83 bits per heavy atom. The minimum absolute atomic E-state index is 0.0504. The molecule has 6 nitrogen and oxygen atoms in total. The number of aliphatic hydroxyl groups excluding tert-OH is 1. The summed E-state index contributed by atoms with van der Waals surface area (Å²) in [6.07, 6.45) is 7.36. The molecule has 5 rings (SSSR count). The Kier molecular flexibility index (Phi) is 4.18. The van der Waals surface area contributed by atoms with Crippen molar-refractivity contribution in [2.75, 3.05) is 6.61 Å². The molecule has 1 aliphatic heterocycles. The van der Waals surface area contributed by atoms with Gasteiger partial charge in [-0.25, -0.2) is 4.79 Å². The number of cyclic esters (lactones) is 1. The van der Waals surface area contributed by atoms with Gasteiger partial charge in [-0.3, -0.25) is 0 Å². The Labute approximate surface area is 171 Å². The molecule has 0 radical (unpaired) electrons. The highest BCUT2D eigenvalue weighted by Gasteiger charge is 2.71. The van der Waals surface area contributed by atoms with Gasteiger partial charge < -0.3 is 24.9 Å². The molecule has 0 saturated heterocycles. The van der Waals surface area contributed by atoms with E-state index in [1.165, 1.54) is 0 Å². The van der Waals surface area contributed by atoms with E-state index in [0.717, 1.165) is 31.1 Å². The van der Waals surface area contributed by atoms with Crippen molar-refractivity contribution in [3.63, 3.8) is 0 Å². The highest BCUT2D eigenvalue weighted by molar-refractivity contribution is 5.85. The van der Waals surface area contributed by atoms with E-state index in [-0.39, 0.29) is 35.6 Å². The molecule has 8 atom stereocenters. The fourth-order valence-corrected chi connectivity index (χ4v) is 8.34. The van der Waals surface area contributed by atoms with Gasteiger partial charge in [-0.15, -0.1) is 0 Å². The number of ether oxygens (including phenoxy) is 1. The highest BCUT2D eigenvalue weighted by Crippen LogP contribution is 2.70. The van der Waals surface area contributed by atoms with Gasteiger partial charge in [0.05, 0.1) is 22.7 Å². The largest absolute Gasteiger partial charge is 0.458 e. The monoisotopic (exact) mass is 404 g/mol. The van der Waals surface area contributed by atoms with E-state index >= 15 is 0 Å². The first-order valence-corrected chi connectivity index (χ1v) is 11.2. The minimum Gasteiger partial charge on any atom is -0.458 e. The van der Waals surface area contributed by atoms with Crippen LogP contribution in [0.2, 0.25) is 0 Å². The van der Waals surface area contributed by atoms with E-state index in [0.29, 0.717) is 38.7 Å². The van der Waals surface area contributed by atoms with Crippen molar-refractivity contribution in [1.82, 2.24) is 0 Å². The fraction of sp³-hybridized carbons (Fsp3) is 0.826. The van der Waals surface area contributed by atoms with Gasteiger partial charge in [-0.1, -0.05) is 6.92 Å². The maximum Gasteiger partial charge on any atom is 0.331 e. The lowest BCUT2D eigenvalue weighted by molar-refractivity contribution is -0.248. The lowest BCUT2D eigenvalue weighted by Crippen LogP contribution is -2.68. The van der Waals surface area contributed by atoms with Crippen molar-refractivity contribution < 1.29 is 29.6 Å². The Morgan fingerprint density at radius 3 is 2.52 bits per heavy atom. The quantitative estimate of drug-likeness (QED) is 0.480. The molecule has 0 aromatic heterocycles. The maximum atomic E-state index is 12.5. The average molecular weight is 405 g/mol. The van der Waals surface area contributed by atoms with Gasteiger partial charge in [0, 0.05) is 17.9 Å². The van der Waals surface area contributed by atoms with E-state index in [9.17, 15) is 24.9 Å². The van der Waals surface area contributed by atoms with Gasteiger partial charge in [-0.2, -0.15) is 0 Å². The molecule has 29 heavy (non-hydrogen) atoms. The molecule has 0 spiro atoms. The third-order valence-corrected chi connectivity index (χ3v) is 9.85. The zero-order valence-electron chi connectivity index (χ0n) is 17.1. The van der Waals surface area contributed by atoms with Crippen LogP contribution in [-0.4, -0.2) is 51.5 Å². The number of hydrogen-bond donors (Lipinski definition) is 3. The summed E-state index contributed by atoms with van der Waals surface area (Å²) >= 11 is 0. The first-order valence-electron chi connectivity index (χ1n) is 11.2. The fourth-order valence-electron chi connectivity index (χ4n) is 8.34. The Morgan fingerprint density at radius 1 is 1.07 bits per heavy atom. The van der Waals surface area contributed by atoms with Crippen molar-refractivity contribution in [2.45, 2.75) is 82.0 Å². The molecule has 3 N–H and O–H groups in total. The summed E-state index contributed by atoms with van der Waals surface area (Å²) < 4.78 is 5.15. The van der Waals surface area contributed by atoms with Crippen LogP contribution in [-0.2, 0) is 14.3 Å². The minimum atomic E-state index is -1.18. The van der Waals surface area contributed by atoms with Crippen LogP contribution in [0.5, 0.6) is 0 Å². The molecular formula is C23H32O6. The number of fused-ring (bicyclic) bond motifs is 5. The summed E-state index contributed by atoms with van der Waals surface area (Å²) in [4.78, 5) is 24.1. The van der Waals surface area contributed by atoms with Gasteiger partial charge in [0.1, 0.15) is 12.9 Å². The van der Waals surface area contributed by atoms with Gasteiger partial charge in [0.25, 0.3) is 0 Å². The zero-order valence-corrected chi connectivity index (χ0v) is 17.1. The first-order chi connectivity index (χ1) is 13.7. The molecule has 0 amide bonds. The van der Waals surface area contributed by atoms with Crippen molar-refractivity contribution in [2.24, 2.45) is 28.6 Å². The Balaban J connectivity index is 1.52. The third kappa shape index (κ3) is 2.34. The maximum absolute atomic E-state index is 12.5. The van der Waals surface area contributed by atoms with Crippen molar-refractivity contribution >= 4 is 12.3 Å². The number of aliphatic hydroxyl groups is 3. The number of esters is 1. The molecule has 0 aromatic carbocycles. The van der Waals surface area contributed by atoms with Crippen LogP contribution in [0.15, 0.2) is 11.6 Å². The van der Waals surface area contributed by atoms with Gasteiger partial charge in [0.2, 0.25) is 0 Å². The smallest absolute Gasteiger partial charge is 0.331 e. The number of hydrogen-bond acceptors (Lipinski definition) is 6. The second-order valence-corrected chi connectivity index (χ2v) is 10.6. The number of carbonyl (C=O) groups excluding carboxylic acids is 2. The molecule has 160 valence electrons. The molecule has 4 aliphatic carbocycles. The van der Waals surface area contributed by atoms with Crippen LogP contribution in [0, 0.1) is 28.6 Å². The lowest BCUT2D eigenvalue weighted by atomic mass is 9.41. The summed E-state index contributed by atoms with van der Waals surface area (Å²) in [7, 11) is 0. The van der Waals surface area contributed by atoms with E-state index < -0.39 is 22.7 Å². The Bertz CT molecular complexity index is 777. The molecule has 0 bridgehead atoms. The first kappa shape index (κ1) is 19.7.